The number of nitrogens with one attached hydrogen (secondary N) is 5. The fraction of sp³-hybridized carbons (Fsp3) is 0.522. The second-order valence-electron chi connectivity index (χ2n) is 24.1. The number of nitrogens with zero attached hydrogens (tertiary/aromatic N) is 3. The monoisotopic (exact) mass is 1210 g/mol. The third kappa shape index (κ3) is 20.0. The van der Waals surface area contributed by atoms with E-state index in [1.165, 1.54) is 10.5 Å². The summed E-state index contributed by atoms with van der Waals surface area (Å²) in [6.45, 7) is 23.9. The van der Waals surface area contributed by atoms with Crippen molar-refractivity contribution >= 4 is 52.7 Å². The smallest absolute Gasteiger partial charge is 0.410 e. The molecule has 0 spiro atoms. The lowest BCUT2D eigenvalue weighted by molar-refractivity contribution is -0.137. The summed E-state index contributed by atoms with van der Waals surface area (Å²) in [5, 5.41) is 16.0. The molecule has 2 unspecified atom stereocenters. The fourth-order valence-electron chi connectivity index (χ4n) is 11.2. The highest BCUT2D eigenvalue weighted by Gasteiger charge is 2.42. The SMILES string of the molecule is C=C(N/C(=C(/CC)C(C)CC)c1ccncc1)C1(Nc2cccc(C(=O)N[C@@H](C)c3ccc(OCCCCCCOCCOCCOCCCCCC(=O)Nc4cccc5c4CN(C4CCC(=O)NC4=O)C5=O)cc3)c2)CCN(C(=O)OC(C)(C)C)CC1. The molecule has 2 fully saturated rings. The predicted octanol–water partition coefficient (Wildman–Crippen LogP) is 11.7. The van der Waals surface area contributed by atoms with Crippen molar-refractivity contribution in [3.8, 4) is 5.75 Å². The number of unbranched alkanes of at least 4 members (excludes halogenated alkanes) is 5. The molecule has 4 aromatic rings. The number of benzene rings is 3. The van der Waals surface area contributed by atoms with Crippen molar-refractivity contribution in [3.05, 3.63) is 137 Å². The molecule has 4 heterocycles. The highest BCUT2D eigenvalue weighted by atomic mass is 16.6. The van der Waals surface area contributed by atoms with Gasteiger partial charge in [0.2, 0.25) is 17.7 Å². The van der Waals surface area contributed by atoms with Gasteiger partial charge in [0.15, 0.2) is 0 Å². The number of fused-ring (bicyclic) bond motifs is 1. The van der Waals surface area contributed by atoms with Crippen molar-refractivity contribution in [2.24, 2.45) is 5.92 Å². The van der Waals surface area contributed by atoms with Crippen molar-refractivity contribution in [2.75, 3.05) is 70.0 Å². The maximum Gasteiger partial charge on any atom is 0.410 e. The number of ether oxygens (including phenoxy) is 5. The van der Waals surface area contributed by atoms with Crippen LogP contribution in [0.25, 0.3) is 5.70 Å². The second-order valence-corrected chi connectivity index (χ2v) is 24.1. The van der Waals surface area contributed by atoms with Crippen molar-refractivity contribution in [1.82, 2.24) is 30.7 Å². The zero-order valence-electron chi connectivity index (χ0n) is 52.9. The molecule has 0 aliphatic carbocycles. The van der Waals surface area contributed by atoms with Crippen LogP contribution in [0.4, 0.5) is 16.2 Å². The third-order valence-corrected chi connectivity index (χ3v) is 16.5. The summed E-state index contributed by atoms with van der Waals surface area (Å²) in [5.74, 6) is -0.306. The van der Waals surface area contributed by atoms with Gasteiger partial charge in [0.05, 0.1) is 44.6 Å². The molecular formula is C69H94N8O11. The standard InChI is InChI=1S/C69H94N8O11/c1-9-48(3)56(10-2)63(52-31-35-70-36-32-52)72-50(5)69(33-37-76(38-34-69)67(83)88-68(6,7)8)75-54-21-18-20-53(46-54)64(80)71-49(4)51-25-27-55(28-26-51)87-41-17-12-11-15-39-84-42-44-86-45-43-85-40-16-13-14-24-61(78)73-59-23-19-22-57-58(59)47-77(66(57)82)60-29-30-62(79)74-65(60)81/h18-23,25-28,31-32,35-36,46,48-49,60,72,75H,5,9-17,24,29-30,33-34,37-45,47H2,1-4,6-8H3,(H,71,80)(H,73,78)(H,74,79,81)/b63-56-/t48?,49-,60?/m0/s1. The van der Waals surface area contributed by atoms with Gasteiger partial charge in [0, 0.05) is 103 Å². The summed E-state index contributed by atoms with van der Waals surface area (Å²) < 4.78 is 29.0. The molecule has 88 heavy (non-hydrogen) atoms. The van der Waals surface area contributed by atoms with Crippen LogP contribution in [0.15, 0.2) is 109 Å². The average Bonchev–Trinajstić information content (AvgIpc) is 2.78. The quantitative estimate of drug-likeness (QED) is 0.0217. The first-order valence-corrected chi connectivity index (χ1v) is 31.7. The van der Waals surface area contributed by atoms with E-state index in [1.807, 2.05) is 88.4 Å². The molecular weight excluding hydrogens is 1120 g/mol. The Bertz CT molecular complexity index is 3010. The topological polar surface area (TPSA) is 228 Å². The molecule has 19 heteroatoms. The minimum Gasteiger partial charge on any atom is -0.494 e. The first kappa shape index (κ1) is 67.9. The molecule has 476 valence electrons. The van der Waals surface area contributed by atoms with Crippen molar-refractivity contribution in [1.29, 1.82) is 0 Å². The van der Waals surface area contributed by atoms with E-state index >= 15 is 0 Å². The average molecular weight is 1210 g/mol. The summed E-state index contributed by atoms with van der Waals surface area (Å²) in [5.41, 5.74) is 6.77. The number of hydrogen-bond donors (Lipinski definition) is 5. The van der Waals surface area contributed by atoms with Gasteiger partial charge in [-0.1, -0.05) is 64.5 Å². The molecule has 5 N–H and O–H groups in total. The van der Waals surface area contributed by atoms with Crippen LogP contribution >= 0.6 is 0 Å². The summed E-state index contributed by atoms with van der Waals surface area (Å²) in [6, 6.07) is 23.7. The molecule has 3 aromatic carbocycles. The van der Waals surface area contributed by atoms with Crippen LogP contribution in [0.5, 0.6) is 5.75 Å². The minimum absolute atomic E-state index is 0.139. The van der Waals surface area contributed by atoms with Crippen LogP contribution in [0.3, 0.4) is 0 Å². The van der Waals surface area contributed by atoms with Crippen LogP contribution in [-0.2, 0) is 39.9 Å². The third-order valence-electron chi connectivity index (χ3n) is 16.5. The van der Waals surface area contributed by atoms with Crippen molar-refractivity contribution in [2.45, 2.75) is 168 Å². The molecule has 3 aliphatic heterocycles. The van der Waals surface area contributed by atoms with E-state index in [0.29, 0.717) is 113 Å². The van der Waals surface area contributed by atoms with Crippen LogP contribution in [0.2, 0.25) is 0 Å². The zero-order valence-corrected chi connectivity index (χ0v) is 52.9. The van der Waals surface area contributed by atoms with E-state index in [-0.39, 0.29) is 55.2 Å². The first-order chi connectivity index (χ1) is 42.4. The minimum atomic E-state index is -0.711. The van der Waals surface area contributed by atoms with E-state index in [4.69, 9.17) is 23.7 Å². The Labute approximate surface area is 520 Å². The van der Waals surface area contributed by atoms with Gasteiger partial charge in [0.25, 0.3) is 11.8 Å². The zero-order chi connectivity index (χ0) is 63.1. The largest absolute Gasteiger partial charge is 0.494 e. The lowest BCUT2D eigenvalue weighted by Crippen LogP contribution is -2.54. The Morgan fingerprint density at radius 3 is 2.08 bits per heavy atom. The highest BCUT2D eigenvalue weighted by molar-refractivity contribution is 6.07. The number of hydrogen-bond acceptors (Lipinski definition) is 14. The molecule has 6 amide bonds. The van der Waals surface area contributed by atoms with Crippen LogP contribution in [0, 0.1) is 5.92 Å². The first-order valence-electron chi connectivity index (χ1n) is 31.7. The normalized spacial score (nSPS) is 16.6. The van der Waals surface area contributed by atoms with Gasteiger partial charge in [-0.15, -0.1) is 0 Å². The molecule has 3 aliphatic rings. The predicted molar refractivity (Wildman–Crippen MR) is 341 cm³/mol. The van der Waals surface area contributed by atoms with Gasteiger partial charge in [-0.2, -0.15) is 0 Å². The number of likely N-dealkylation sites (tertiary alicyclic amines) is 1. The van der Waals surface area contributed by atoms with Crippen molar-refractivity contribution in [3.63, 3.8) is 0 Å². The number of pyridine rings is 1. The molecule has 1 aromatic heterocycles. The molecule has 0 saturated carbocycles. The van der Waals surface area contributed by atoms with Crippen LogP contribution < -0.4 is 31.3 Å². The Hall–Kier alpha value is -7.61. The van der Waals surface area contributed by atoms with E-state index in [1.54, 1.807) is 35.5 Å². The summed E-state index contributed by atoms with van der Waals surface area (Å²) >= 11 is 0. The van der Waals surface area contributed by atoms with Gasteiger partial charge in [-0.3, -0.25) is 34.3 Å². The van der Waals surface area contributed by atoms with Gasteiger partial charge in [0.1, 0.15) is 17.4 Å². The fourth-order valence-corrected chi connectivity index (χ4v) is 11.2. The Morgan fingerprint density at radius 1 is 0.784 bits per heavy atom. The molecule has 2 saturated heterocycles. The molecule has 0 radical (unpaired) electrons. The lowest BCUT2D eigenvalue weighted by atomic mass is 9.83. The van der Waals surface area contributed by atoms with E-state index in [0.717, 1.165) is 85.3 Å². The molecule has 0 bridgehead atoms. The summed E-state index contributed by atoms with van der Waals surface area (Å²) in [7, 11) is 0. The number of piperidine rings is 2. The molecule has 3 atom stereocenters. The number of anilines is 2. The van der Waals surface area contributed by atoms with E-state index in [2.05, 4.69) is 58.9 Å². The van der Waals surface area contributed by atoms with Crippen LogP contribution in [-0.4, -0.2) is 127 Å². The number of rotatable bonds is 34. The number of aromatic nitrogens is 1. The number of carbonyl (C=O) groups is 6. The number of carbonyl (C=O) groups excluding carboxylic acids is 6. The summed E-state index contributed by atoms with van der Waals surface area (Å²) in [4.78, 5) is 84.6. The number of allylic oxidation sites excluding steroid dienone is 1. The second kappa shape index (κ2) is 33.7. The Balaban J connectivity index is 0.735. The maximum atomic E-state index is 13.9. The highest BCUT2D eigenvalue weighted by Crippen LogP contribution is 2.37. The van der Waals surface area contributed by atoms with Gasteiger partial charge in [-0.05, 0) is 164 Å². The van der Waals surface area contributed by atoms with Gasteiger partial charge >= 0.3 is 6.09 Å². The lowest BCUT2D eigenvalue weighted by Gasteiger charge is -2.45. The molecule has 7 rings (SSSR count). The number of amides is 6. The maximum absolute atomic E-state index is 13.9. The Kier molecular flexibility index (Phi) is 26.0. The van der Waals surface area contributed by atoms with Crippen molar-refractivity contribution < 1.29 is 52.5 Å². The number of imide groups is 1. The molecule has 19 nitrogen and oxygen atoms in total. The van der Waals surface area contributed by atoms with Crippen LogP contribution in [0.1, 0.15) is 182 Å². The van der Waals surface area contributed by atoms with Gasteiger partial charge in [-0.25, -0.2) is 4.79 Å². The van der Waals surface area contributed by atoms with E-state index < -0.39 is 23.1 Å². The summed E-state index contributed by atoms with van der Waals surface area (Å²) in [6.07, 6.45) is 13.3. The van der Waals surface area contributed by atoms with Gasteiger partial charge < -0.3 is 54.8 Å². The van der Waals surface area contributed by atoms with E-state index in [9.17, 15) is 28.8 Å². The Morgan fingerprint density at radius 2 is 1.43 bits per heavy atom.